The van der Waals surface area contributed by atoms with Gasteiger partial charge in [-0.25, -0.2) is 4.39 Å². The van der Waals surface area contributed by atoms with Crippen LogP contribution in [0.25, 0.3) is 0 Å². The van der Waals surface area contributed by atoms with E-state index in [1.54, 1.807) is 0 Å². The maximum absolute atomic E-state index is 14.3. The van der Waals surface area contributed by atoms with E-state index in [2.05, 4.69) is 0 Å². The Labute approximate surface area is 196 Å². The van der Waals surface area contributed by atoms with Crippen molar-refractivity contribution in [3.63, 3.8) is 0 Å². The lowest BCUT2D eigenvalue weighted by Gasteiger charge is -2.28. The second-order valence-electron chi connectivity index (χ2n) is 7.32. The van der Waals surface area contributed by atoms with E-state index in [9.17, 15) is 17.6 Å². The molecular weight excluding hydrogens is 499 g/mol. The van der Waals surface area contributed by atoms with Gasteiger partial charge in [0, 0.05) is 0 Å². The van der Waals surface area contributed by atoms with Crippen LogP contribution in [0.4, 0.5) is 17.6 Å². The highest BCUT2D eigenvalue weighted by atomic mass is 79.9. The molecule has 0 saturated heterocycles. The third-order valence-electron chi connectivity index (χ3n) is 5.30. The number of alkyl halides is 3. The molecule has 4 aromatic rings. The van der Waals surface area contributed by atoms with Crippen LogP contribution < -0.4 is 32.9 Å². The van der Waals surface area contributed by atoms with Gasteiger partial charge in [0.15, 0.2) is 0 Å². The van der Waals surface area contributed by atoms with E-state index >= 15 is 0 Å². The minimum Gasteiger partial charge on any atom is -1.00 e. The third-order valence-corrected chi connectivity index (χ3v) is 9.67. The minimum absolute atomic E-state index is 0. The van der Waals surface area contributed by atoms with Crippen molar-refractivity contribution in [2.24, 2.45) is 0 Å². The Morgan fingerprint density at radius 3 is 1.38 bits per heavy atom. The Balaban J connectivity index is 0.00000289. The van der Waals surface area contributed by atoms with Crippen molar-refractivity contribution in [1.29, 1.82) is 0 Å². The lowest BCUT2D eigenvalue weighted by molar-refractivity contribution is -0.137. The number of hydrogen-bond acceptors (Lipinski definition) is 0. The van der Waals surface area contributed by atoms with Crippen LogP contribution in [0.3, 0.4) is 0 Å². The lowest BCUT2D eigenvalue weighted by Crippen LogP contribution is -3.00. The zero-order chi connectivity index (χ0) is 21.9. The first-order chi connectivity index (χ1) is 14.9. The van der Waals surface area contributed by atoms with Crippen molar-refractivity contribution in [2.75, 3.05) is 0 Å². The van der Waals surface area contributed by atoms with Gasteiger partial charge in [-0.15, -0.1) is 0 Å². The summed E-state index contributed by atoms with van der Waals surface area (Å²) in [5.74, 6) is -0.878. The van der Waals surface area contributed by atoms with Crippen molar-refractivity contribution < 1.29 is 34.5 Å². The maximum atomic E-state index is 14.3. The zero-order valence-electron chi connectivity index (χ0n) is 16.9. The van der Waals surface area contributed by atoms with Crippen molar-refractivity contribution >= 4 is 23.2 Å². The van der Waals surface area contributed by atoms with Crippen LogP contribution >= 0.6 is 7.26 Å². The fourth-order valence-electron chi connectivity index (χ4n) is 3.95. The molecule has 0 spiro atoms. The molecule has 0 atom stereocenters. The van der Waals surface area contributed by atoms with Gasteiger partial charge < -0.3 is 17.0 Å². The molecule has 0 unspecified atom stereocenters. The predicted molar refractivity (Wildman–Crippen MR) is 120 cm³/mol. The molecule has 0 nitrogen and oxygen atoms in total. The topological polar surface area (TPSA) is 0 Å². The molecule has 4 rings (SSSR count). The van der Waals surface area contributed by atoms with E-state index in [-0.39, 0.29) is 23.1 Å². The summed E-state index contributed by atoms with van der Waals surface area (Å²) in [7, 11) is -2.40. The molecule has 0 bridgehead atoms. The van der Waals surface area contributed by atoms with Gasteiger partial charge in [-0.1, -0.05) is 54.6 Å². The van der Waals surface area contributed by atoms with Crippen molar-refractivity contribution in [3.8, 4) is 0 Å². The van der Waals surface area contributed by atoms with E-state index in [1.165, 1.54) is 6.07 Å². The first kappa shape index (κ1) is 24.2. The van der Waals surface area contributed by atoms with Crippen LogP contribution in [0.2, 0.25) is 0 Å². The van der Waals surface area contributed by atoms with Crippen LogP contribution in [0.1, 0.15) is 11.1 Å². The number of benzene rings is 4. The maximum Gasteiger partial charge on any atom is 0.416 e. The Hall–Kier alpha value is -2.49. The molecule has 0 N–H and O–H groups in total. The average molecular weight is 519 g/mol. The van der Waals surface area contributed by atoms with Gasteiger partial charge in [0.25, 0.3) is 0 Å². The largest absolute Gasteiger partial charge is 1.00 e. The molecule has 0 fully saturated rings. The summed E-state index contributed by atoms with van der Waals surface area (Å²) >= 11 is 0. The second kappa shape index (κ2) is 9.97. The summed E-state index contributed by atoms with van der Waals surface area (Å²) in [6.07, 6.45) is -4.32. The second-order valence-corrected chi connectivity index (χ2v) is 10.8. The monoisotopic (exact) mass is 518 g/mol. The number of rotatable bonds is 5. The Morgan fingerprint density at radius 2 is 1.00 bits per heavy atom. The van der Waals surface area contributed by atoms with Gasteiger partial charge in [-0.2, -0.15) is 13.2 Å². The van der Waals surface area contributed by atoms with Crippen molar-refractivity contribution in [2.45, 2.75) is 12.3 Å². The van der Waals surface area contributed by atoms with Crippen molar-refractivity contribution in [3.05, 3.63) is 126 Å². The van der Waals surface area contributed by atoms with Gasteiger partial charge in [0.1, 0.15) is 29.0 Å². The van der Waals surface area contributed by atoms with Crippen LogP contribution in [-0.4, -0.2) is 0 Å². The average Bonchev–Trinajstić information content (AvgIpc) is 2.78. The molecule has 0 saturated carbocycles. The van der Waals surface area contributed by atoms with Gasteiger partial charge in [0.2, 0.25) is 0 Å². The van der Waals surface area contributed by atoms with E-state index in [4.69, 9.17) is 0 Å². The van der Waals surface area contributed by atoms with Gasteiger partial charge in [-0.3, -0.25) is 0 Å². The van der Waals surface area contributed by atoms with Gasteiger partial charge in [-0.05, 0) is 60.2 Å². The lowest BCUT2D eigenvalue weighted by atomic mass is 10.1. The summed E-state index contributed by atoms with van der Waals surface area (Å²) in [5, 5.41) is 3.10. The molecule has 6 heteroatoms. The molecule has 0 aromatic heterocycles. The molecule has 0 aliphatic rings. The fraction of sp³-hybridized carbons (Fsp3) is 0.0769. The SMILES string of the molecule is Fc1cc(C[P+](c2ccccc2)(c2ccccc2)c2ccccc2)cc(C(F)(F)F)c1.[Br-]. The first-order valence-electron chi connectivity index (χ1n) is 9.81. The Bertz CT molecular complexity index is 1050. The summed E-state index contributed by atoms with van der Waals surface area (Å²) in [5.41, 5.74) is -0.632. The van der Waals surface area contributed by atoms with Gasteiger partial charge in [0.05, 0.1) is 11.7 Å². The molecule has 32 heavy (non-hydrogen) atoms. The summed E-state index contributed by atoms with van der Waals surface area (Å²) in [6.45, 7) is 0. The molecule has 0 heterocycles. The molecule has 0 aliphatic heterocycles. The van der Waals surface area contributed by atoms with E-state index in [0.717, 1.165) is 22.0 Å². The molecule has 0 aliphatic carbocycles. The van der Waals surface area contributed by atoms with Crippen LogP contribution in [0.5, 0.6) is 0 Å². The number of hydrogen-bond donors (Lipinski definition) is 0. The summed E-state index contributed by atoms with van der Waals surface area (Å²) in [4.78, 5) is 0. The Morgan fingerprint density at radius 1 is 0.594 bits per heavy atom. The highest BCUT2D eigenvalue weighted by Gasteiger charge is 2.45. The highest BCUT2D eigenvalue weighted by molar-refractivity contribution is 7.95. The molecule has 0 radical (unpaired) electrons. The smallest absolute Gasteiger partial charge is 0.416 e. The highest BCUT2D eigenvalue weighted by Crippen LogP contribution is 2.58. The third kappa shape index (κ3) is 4.95. The van der Waals surface area contributed by atoms with E-state index in [1.807, 2.05) is 91.0 Å². The molecule has 4 aromatic carbocycles. The van der Waals surface area contributed by atoms with Crippen LogP contribution in [0.15, 0.2) is 109 Å². The quantitative estimate of drug-likeness (QED) is 0.281. The predicted octanol–water partition coefficient (Wildman–Crippen LogP) is 3.34. The number of halogens is 5. The van der Waals surface area contributed by atoms with Gasteiger partial charge >= 0.3 is 6.18 Å². The van der Waals surface area contributed by atoms with E-state index < -0.39 is 24.8 Å². The van der Waals surface area contributed by atoms with Crippen LogP contribution in [-0.2, 0) is 12.3 Å². The molecule has 164 valence electrons. The summed E-state index contributed by atoms with van der Waals surface area (Å²) < 4.78 is 54.4. The van der Waals surface area contributed by atoms with Crippen molar-refractivity contribution in [1.82, 2.24) is 0 Å². The molecule has 0 amide bonds. The summed E-state index contributed by atoms with van der Waals surface area (Å²) in [6, 6.07) is 32.3. The van der Waals surface area contributed by atoms with E-state index in [0.29, 0.717) is 11.6 Å². The standard InChI is InChI=1S/C26H20F4P.BrH/c27-22-17-20(16-21(18-22)26(28,29)30)19-31(23-10-4-1-5-11-23,24-12-6-2-7-13-24)25-14-8-3-9-15-25;/h1-18H,19H2;1H/q+1;/p-1. The molecular formula is C26H20BrF4P. The first-order valence-corrected chi connectivity index (χ1v) is 11.8. The van der Waals surface area contributed by atoms with Crippen LogP contribution in [0, 0.1) is 5.82 Å². The fourth-order valence-corrected chi connectivity index (χ4v) is 8.16. The normalized spacial score (nSPS) is 11.6. The minimum atomic E-state index is -4.61. The zero-order valence-corrected chi connectivity index (χ0v) is 19.4. The Kier molecular flexibility index (Phi) is 7.53.